The van der Waals surface area contributed by atoms with Crippen LogP contribution in [0.3, 0.4) is 0 Å². The standard InChI is InChI=1S/C28H49N7/c1-28(2,16-29)21-6-3-18(4-7-21)27-26-23-12-19(5-8-24(23)32-15-25(26)33-34-27)20-11-22(14-31-13-20)35-10-9-30-17-35/h18-27,30-34H,3-15,17H2,1-2H3. The lowest BCUT2D eigenvalue weighted by atomic mass is 9.60. The lowest BCUT2D eigenvalue weighted by Crippen LogP contribution is -2.59. The number of hydrazine groups is 1. The highest BCUT2D eigenvalue weighted by Crippen LogP contribution is 2.48. The maximum Gasteiger partial charge on any atom is 0.0686 e. The molecule has 6 fully saturated rings. The van der Waals surface area contributed by atoms with Gasteiger partial charge in [0.05, 0.1) is 11.5 Å². The van der Waals surface area contributed by atoms with Gasteiger partial charge in [-0.2, -0.15) is 5.26 Å². The van der Waals surface area contributed by atoms with Gasteiger partial charge in [0.15, 0.2) is 0 Å². The highest BCUT2D eigenvalue weighted by molar-refractivity contribution is 5.08. The first-order chi connectivity index (χ1) is 17.0. The first-order valence-corrected chi connectivity index (χ1v) is 14.8. The number of nitrogens with zero attached hydrogens (tertiary/aromatic N) is 2. The Morgan fingerprint density at radius 1 is 0.829 bits per heavy atom. The first-order valence-electron chi connectivity index (χ1n) is 14.8. The third-order valence-corrected chi connectivity index (χ3v) is 11.4. The monoisotopic (exact) mass is 483 g/mol. The van der Waals surface area contributed by atoms with Gasteiger partial charge >= 0.3 is 0 Å². The second kappa shape index (κ2) is 10.2. The SMILES string of the molecule is CC(C)(C#N)C1CCC(C2NNC3CNC4CCC(C5CNCC(N6CCNC6)C5)CC4C32)CC1. The van der Waals surface area contributed by atoms with Crippen molar-refractivity contribution in [1.29, 1.82) is 5.26 Å². The van der Waals surface area contributed by atoms with E-state index in [0.29, 0.717) is 30.1 Å². The zero-order valence-electron chi connectivity index (χ0n) is 22.1. The van der Waals surface area contributed by atoms with Gasteiger partial charge in [-0.05, 0) is 107 Å². The molecule has 6 rings (SSSR count). The summed E-state index contributed by atoms with van der Waals surface area (Å²) in [4.78, 5) is 2.67. The van der Waals surface area contributed by atoms with E-state index < -0.39 is 0 Å². The topological polar surface area (TPSA) is 87.2 Å². The molecule has 2 aliphatic carbocycles. The Labute approximate surface area is 212 Å². The zero-order valence-corrected chi connectivity index (χ0v) is 22.1. The predicted molar refractivity (Wildman–Crippen MR) is 139 cm³/mol. The molecule has 0 radical (unpaired) electrons. The molecule has 8 atom stereocenters. The smallest absolute Gasteiger partial charge is 0.0686 e. The second-order valence-corrected chi connectivity index (χ2v) is 13.5. The lowest BCUT2D eigenvalue weighted by molar-refractivity contribution is 0.0380. The van der Waals surface area contributed by atoms with E-state index >= 15 is 0 Å². The fourth-order valence-corrected chi connectivity index (χ4v) is 9.17. The minimum Gasteiger partial charge on any atom is -0.315 e. The van der Waals surface area contributed by atoms with Crippen molar-refractivity contribution in [2.75, 3.05) is 39.4 Å². The van der Waals surface area contributed by atoms with Gasteiger partial charge in [0, 0.05) is 57.0 Å². The van der Waals surface area contributed by atoms with Gasteiger partial charge in [-0.25, -0.2) is 0 Å². The van der Waals surface area contributed by atoms with Crippen LogP contribution in [0.2, 0.25) is 0 Å². The molecule has 4 saturated heterocycles. The van der Waals surface area contributed by atoms with E-state index in [1.165, 1.54) is 71.0 Å². The highest BCUT2D eigenvalue weighted by atomic mass is 15.4. The van der Waals surface area contributed by atoms with Crippen LogP contribution in [0.25, 0.3) is 0 Å². The zero-order chi connectivity index (χ0) is 24.0. The molecule has 0 aromatic carbocycles. The van der Waals surface area contributed by atoms with Gasteiger partial charge in [0.25, 0.3) is 0 Å². The Balaban J connectivity index is 1.11. The summed E-state index contributed by atoms with van der Waals surface area (Å²) in [5.41, 5.74) is 7.39. The average Bonchev–Trinajstić information content (AvgIpc) is 3.59. The van der Waals surface area contributed by atoms with Gasteiger partial charge in [-0.1, -0.05) is 0 Å². The third kappa shape index (κ3) is 4.80. The van der Waals surface area contributed by atoms with E-state index in [-0.39, 0.29) is 5.41 Å². The van der Waals surface area contributed by atoms with Crippen molar-refractivity contribution in [2.45, 2.75) is 89.4 Å². The van der Waals surface area contributed by atoms with Crippen LogP contribution in [-0.2, 0) is 0 Å². The summed E-state index contributed by atoms with van der Waals surface area (Å²) < 4.78 is 0. The van der Waals surface area contributed by atoms with Crippen molar-refractivity contribution in [1.82, 2.24) is 31.7 Å². The van der Waals surface area contributed by atoms with Gasteiger partial charge < -0.3 is 16.0 Å². The number of rotatable bonds is 4. The van der Waals surface area contributed by atoms with Crippen LogP contribution in [0, 0.1) is 52.3 Å². The molecule has 4 aliphatic heterocycles. The molecule has 7 nitrogen and oxygen atoms in total. The van der Waals surface area contributed by atoms with E-state index in [0.717, 1.165) is 49.3 Å². The van der Waals surface area contributed by atoms with Crippen LogP contribution in [0.1, 0.15) is 65.2 Å². The molecule has 0 amide bonds. The fraction of sp³-hybridized carbons (Fsp3) is 0.964. The van der Waals surface area contributed by atoms with Gasteiger partial charge in [-0.15, -0.1) is 0 Å². The summed E-state index contributed by atoms with van der Waals surface area (Å²) in [7, 11) is 0. The number of nitriles is 1. The fourth-order valence-electron chi connectivity index (χ4n) is 9.17. The van der Waals surface area contributed by atoms with Crippen molar-refractivity contribution in [3.63, 3.8) is 0 Å². The van der Waals surface area contributed by atoms with Crippen molar-refractivity contribution < 1.29 is 0 Å². The number of nitrogens with one attached hydrogen (secondary N) is 5. The molecule has 7 heteroatoms. The van der Waals surface area contributed by atoms with Crippen molar-refractivity contribution in [3.05, 3.63) is 0 Å². The summed E-state index contributed by atoms with van der Waals surface area (Å²) in [5.74, 6) is 4.57. The Morgan fingerprint density at radius 3 is 2.43 bits per heavy atom. The largest absolute Gasteiger partial charge is 0.315 e. The molecule has 6 aliphatic rings. The molecule has 2 saturated carbocycles. The summed E-state index contributed by atoms with van der Waals surface area (Å²) in [6.07, 6.45) is 10.6. The van der Waals surface area contributed by atoms with E-state index in [9.17, 15) is 5.26 Å². The molecule has 0 aromatic heterocycles. The predicted octanol–water partition coefficient (Wildman–Crippen LogP) is 2.03. The van der Waals surface area contributed by atoms with E-state index in [1.54, 1.807) is 0 Å². The molecular weight excluding hydrogens is 434 g/mol. The Hall–Kier alpha value is -0.750. The van der Waals surface area contributed by atoms with E-state index in [1.807, 2.05) is 0 Å². The summed E-state index contributed by atoms with van der Waals surface area (Å²) in [6.45, 7) is 11.3. The second-order valence-electron chi connectivity index (χ2n) is 13.5. The minimum absolute atomic E-state index is 0.178. The molecule has 196 valence electrons. The normalized spacial score (nSPS) is 47.1. The van der Waals surface area contributed by atoms with Crippen molar-refractivity contribution in [3.8, 4) is 6.07 Å². The van der Waals surface area contributed by atoms with Crippen LogP contribution in [0.4, 0.5) is 0 Å². The van der Waals surface area contributed by atoms with Crippen LogP contribution in [0.5, 0.6) is 0 Å². The summed E-state index contributed by atoms with van der Waals surface area (Å²) >= 11 is 0. The highest BCUT2D eigenvalue weighted by Gasteiger charge is 2.52. The Morgan fingerprint density at radius 2 is 1.66 bits per heavy atom. The lowest BCUT2D eigenvalue weighted by Gasteiger charge is -2.50. The van der Waals surface area contributed by atoms with Crippen molar-refractivity contribution >= 4 is 0 Å². The molecule has 0 aromatic rings. The molecule has 0 bridgehead atoms. The Kier molecular flexibility index (Phi) is 7.16. The number of piperidine rings is 2. The molecule has 5 N–H and O–H groups in total. The average molecular weight is 484 g/mol. The quantitative estimate of drug-likeness (QED) is 0.418. The molecule has 4 heterocycles. The van der Waals surface area contributed by atoms with Crippen LogP contribution >= 0.6 is 0 Å². The van der Waals surface area contributed by atoms with Gasteiger partial charge in [0.1, 0.15) is 0 Å². The van der Waals surface area contributed by atoms with Gasteiger partial charge in [-0.3, -0.25) is 15.8 Å². The van der Waals surface area contributed by atoms with E-state index in [4.69, 9.17) is 0 Å². The van der Waals surface area contributed by atoms with Crippen LogP contribution in [-0.4, -0.2) is 68.5 Å². The molecule has 35 heavy (non-hydrogen) atoms. The summed E-state index contributed by atoms with van der Waals surface area (Å²) in [6, 6.07) is 5.19. The first kappa shape index (κ1) is 24.6. The Bertz CT molecular complexity index is 766. The molecule has 8 unspecified atom stereocenters. The number of hydrogen-bond acceptors (Lipinski definition) is 7. The number of hydrogen-bond donors (Lipinski definition) is 5. The van der Waals surface area contributed by atoms with Gasteiger partial charge in [0.2, 0.25) is 0 Å². The van der Waals surface area contributed by atoms with Crippen LogP contribution < -0.4 is 26.8 Å². The molecule has 0 spiro atoms. The molecular formula is C28H49N7. The van der Waals surface area contributed by atoms with E-state index in [2.05, 4.69) is 51.6 Å². The maximum absolute atomic E-state index is 9.63. The number of fused-ring (bicyclic) bond motifs is 3. The minimum atomic E-state index is -0.178. The summed E-state index contributed by atoms with van der Waals surface area (Å²) in [5, 5.41) is 20.9. The third-order valence-electron chi connectivity index (χ3n) is 11.4. The van der Waals surface area contributed by atoms with Crippen LogP contribution in [0.15, 0.2) is 0 Å². The van der Waals surface area contributed by atoms with Crippen molar-refractivity contribution in [2.24, 2.45) is 40.9 Å². The maximum atomic E-state index is 9.63.